The van der Waals surface area contributed by atoms with E-state index in [0.717, 1.165) is 23.3 Å². The Morgan fingerprint density at radius 2 is 2.06 bits per heavy atom. The summed E-state index contributed by atoms with van der Waals surface area (Å²) in [5.74, 6) is 0. The number of nitrogen functional groups attached to an aromatic ring is 1. The molecule has 1 aliphatic rings. The van der Waals surface area contributed by atoms with Gasteiger partial charge in [0, 0.05) is 39.8 Å². The maximum absolute atomic E-state index is 11.2. The molecule has 2 aromatic heterocycles. The molecule has 1 aliphatic heterocycles. The van der Waals surface area contributed by atoms with Crippen molar-refractivity contribution in [2.45, 2.75) is 6.42 Å². The molecule has 0 aromatic carbocycles. The van der Waals surface area contributed by atoms with Gasteiger partial charge in [-0.3, -0.25) is 16.1 Å². The van der Waals surface area contributed by atoms with Gasteiger partial charge in [0.2, 0.25) is 5.56 Å². The Bertz CT molecular complexity index is 541. The summed E-state index contributed by atoms with van der Waals surface area (Å²) >= 11 is 1.37. The maximum Gasteiger partial charge on any atom is 0.238 e. The predicted molar refractivity (Wildman–Crippen MR) is 68.0 cm³/mol. The second-order valence-corrected chi connectivity index (χ2v) is 4.39. The number of hydrogen-bond donors (Lipinski definition) is 1. The van der Waals surface area contributed by atoms with Crippen molar-refractivity contribution in [3.05, 3.63) is 33.2 Å². The molecule has 0 amide bonds. The molecular formula is C11H13N3OSY-2. The molecule has 17 heavy (non-hydrogen) atoms. The van der Waals surface area contributed by atoms with Crippen molar-refractivity contribution in [1.29, 1.82) is 0 Å². The van der Waals surface area contributed by atoms with Gasteiger partial charge in [-0.05, 0) is 10.9 Å². The van der Waals surface area contributed by atoms with Gasteiger partial charge in [-0.25, -0.2) is 0 Å². The Hall–Kier alpha value is -0.226. The standard InChI is InChI=1S/C8H7N2OS.C3H6N.Y/c1-10-7(11)3-2-5-6(9)4-12-8(5)10;1-2-4-3-1;/h2-3H,9H2,1H3;1-3H2;/q2*-1;. The summed E-state index contributed by atoms with van der Waals surface area (Å²) in [5.41, 5.74) is 6.23. The van der Waals surface area contributed by atoms with Crippen LogP contribution in [-0.2, 0) is 39.8 Å². The van der Waals surface area contributed by atoms with Crippen molar-refractivity contribution in [2.75, 3.05) is 18.8 Å². The first-order chi connectivity index (χ1) is 7.70. The molecule has 1 fully saturated rings. The van der Waals surface area contributed by atoms with Crippen LogP contribution in [0.15, 0.2) is 16.9 Å². The molecule has 4 nitrogen and oxygen atoms in total. The van der Waals surface area contributed by atoms with Gasteiger partial charge in [0.05, 0.1) is 0 Å². The Morgan fingerprint density at radius 3 is 2.59 bits per heavy atom. The zero-order chi connectivity index (χ0) is 11.5. The first kappa shape index (κ1) is 14.8. The van der Waals surface area contributed by atoms with Crippen LogP contribution in [0.1, 0.15) is 6.42 Å². The van der Waals surface area contributed by atoms with Gasteiger partial charge in [-0.15, -0.1) is 11.5 Å². The average molecular weight is 324 g/mol. The van der Waals surface area contributed by atoms with Gasteiger partial charge in [0.1, 0.15) is 0 Å². The SMILES string of the molecule is C1C[N-]C1.Cn1c(=O)ccc2c(N)[c-]sc21.[Y]. The van der Waals surface area contributed by atoms with Crippen molar-refractivity contribution < 1.29 is 32.7 Å². The fourth-order valence-electron chi connectivity index (χ4n) is 1.26. The van der Waals surface area contributed by atoms with Gasteiger partial charge in [0.15, 0.2) is 0 Å². The van der Waals surface area contributed by atoms with Crippen molar-refractivity contribution in [2.24, 2.45) is 7.05 Å². The van der Waals surface area contributed by atoms with E-state index in [2.05, 4.69) is 10.7 Å². The summed E-state index contributed by atoms with van der Waals surface area (Å²) in [4.78, 5) is 12.0. The topological polar surface area (TPSA) is 62.1 Å². The van der Waals surface area contributed by atoms with Crippen molar-refractivity contribution >= 4 is 27.2 Å². The number of hydrogen-bond acceptors (Lipinski definition) is 3. The molecule has 0 spiro atoms. The Kier molecular flexibility index (Phi) is 5.79. The third kappa shape index (κ3) is 3.38. The number of rotatable bonds is 0. The third-order valence-electron chi connectivity index (χ3n) is 2.44. The van der Waals surface area contributed by atoms with Crippen LogP contribution < -0.4 is 11.3 Å². The van der Waals surface area contributed by atoms with Crippen molar-refractivity contribution in [1.82, 2.24) is 4.57 Å². The Labute approximate surface area is 129 Å². The number of nitrogens with zero attached hydrogens (tertiary/aromatic N) is 2. The maximum atomic E-state index is 11.2. The second-order valence-electron chi connectivity index (χ2n) is 3.59. The van der Waals surface area contributed by atoms with E-state index in [0.29, 0.717) is 5.69 Å². The third-order valence-corrected chi connectivity index (χ3v) is 3.45. The van der Waals surface area contributed by atoms with Gasteiger partial charge in [-0.2, -0.15) is 13.1 Å². The molecule has 2 aromatic rings. The number of thiophene rings is 1. The van der Waals surface area contributed by atoms with Gasteiger partial charge >= 0.3 is 0 Å². The fourth-order valence-corrected chi connectivity index (χ4v) is 2.09. The molecule has 0 unspecified atom stereocenters. The first-order valence-electron chi connectivity index (χ1n) is 5.09. The summed E-state index contributed by atoms with van der Waals surface area (Å²) < 4.78 is 1.58. The average Bonchev–Trinajstić information content (AvgIpc) is 2.52. The number of aromatic nitrogens is 1. The molecular weight excluding hydrogens is 311 g/mol. The largest absolute Gasteiger partial charge is 0.662 e. The molecule has 0 aliphatic carbocycles. The van der Waals surface area contributed by atoms with E-state index in [1.54, 1.807) is 17.7 Å². The summed E-state index contributed by atoms with van der Waals surface area (Å²) in [6, 6.07) is 3.25. The van der Waals surface area contributed by atoms with Crippen LogP contribution in [0.3, 0.4) is 0 Å². The minimum Gasteiger partial charge on any atom is -0.662 e. The minimum atomic E-state index is -0.0160. The molecule has 0 bridgehead atoms. The molecule has 0 saturated carbocycles. The first-order valence-corrected chi connectivity index (χ1v) is 5.91. The molecule has 6 heteroatoms. The van der Waals surface area contributed by atoms with Gasteiger partial charge in [0.25, 0.3) is 0 Å². The molecule has 3 heterocycles. The number of nitrogens with two attached hydrogens (primary N) is 1. The predicted octanol–water partition coefficient (Wildman–Crippen LogP) is 1.74. The van der Waals surface area contributed by atoms with Crippen LogP contribution >= 0.6 is 11.3 Å². The summed E-state index contributed by atoms with van der Waals surface area (Å²) in [6.07, 6.45) is 1.33. The molecule has 89 valence electrons. The summed E-state index contributed by atoms with van der Waals surface area (Å²) in [5, 5.41) is 7.73. The minimum absolute atomic E-state index is 0. The Morgan fingerprint density at radius 1 is 1.47 bits per heavy atom. The van der Waals surface area contributed by atoms with Crippen LogP contribution in [0.5, 0.6) is 0 Å². The van der Waals surface area contributed by atoms with Crippen LogP contribution in [0.2, 0.25) is 0 Å². The van der Waals surface area contributed by atoms with Crippen molar-refractivity contribution in [3.8, 4) is 0 Å². The van der Waals surface area contributed by atoms with E-state index in [4.69, 9.17) is 5.73 Å². The summed E-state index contributed by atoms with van der Waals surface area (Å²) in [7, 11) is 1.73. The zero-order valence-corrected chi connectivity index (χ0v) is 13.3. The van der Waals surface area contributed by atoms with Gasteiger partial charge < -0.3 is 15.6 Å². The van der Waals surface area contributed by atoms with E-state index in [1.165, 1.54) is 23.8 Å². The van der Waals surface area contributed by atoms with Gasteiger partial charge in [-0.1, -0.05) is 17.5 Å². The van der Waals surface area contributed by atoms with Crippen LogP contribution in [0, 0.1) is 5.38 Å². The monoisotopic (exact) mass is 324 g/mol. The van der Waals surface area contributed by atoms with E-state index < -0.39 is 0 Å². The molecule has 1 saturated heterocycles. The van der Waals surface area contributed by atoms with E-state index >= 15 is 0 Å². The fraction of sp³-hybridized carbons (Fsp3) is 0.364. The van der Waals surface area contributed by atoms with Crippen molar-refractivity contribution in [3.63, 3.8) is 0 Å². The van der Waals surface area contributed by atoms with Crippen LogP contribution in [-0.4, -0.2) is 17.7 Å². The number of aryl methyl sites for hydroxylation is 1. The van der Waals surface area contributed by atoms with E-state index in [9.17, 15) is 4.79 Å². The zero-order valence-electron chi connectivity index (χ0n) is 9.64. The molecule has 0 atom stereocenters. The number of fused-ring (bicyclic) bond motifs is 1. The number of anilines is 1. The molecule has 1 radical (unpaired) electrons. The quantitative estimate of drug-likeness (QED) is 0.751. The molecule has 3 rings (SSSR count). The summed E-state index contributed by atoms with van der Waals surface area (Å²) in [6.45, 7) is 2.25. The second kappa shape index (κ2) is 6.64. The van der Waals surface area contributed by atoms with Crippen LogP contribution in [0.25, 0.3) is 15.5 Å². The van der Waals surface area contributed by atoms with Crippen LogP contribution in [0.4, 0.5) is 5.69 Å². The van der Waals surface area contributed by atoms with E-state index in [1.807, 2.05) is 0 Å². The normalized spacial score (nSPS) is 13.2. The smallest absolute Gasteiger partial charge is 0.238 e. The molecule has 2 N–H and O–H groups in total. The number of pyridine rings is 1. The Balaban J connectivity index is 0.000000247. The van der Waals surface area contributed by atoms with E-state index in [-0.39, 0.29) is 38.3 Å².